The molecule has 1 heterocycles. The van der Waals surface area contributed by atoms with Crippen LogP contribution in [0.3, 0.4) is 0 Å². The molecule has 5 heteroatoms. The highest BCUT2D eigenvalue weighted by Crippen LogP contribution is 2.18. The summed E-state index contributed by atoms with van der Waals surface area (Å²) < 4.78 is 13.1. The van der Waals surface area contributed by atoms with E-state index in [1.54, 1.807) is 32.2 Å². The van der Waals surface area contributed by atoms with Crippen molar-refractivity contribution in [3.05, 3.63) is 64.2 Å². The van der Waals surface area contributed by atoms with E-state index in [9.17, 15) is 9.18 Å². The van der Waals surface area contributed by atoms with Crippen LogP contribution in [0.4, 0.5) is 4.39 Å². The Balaban J connectivity index is 2.16. The Morgan fingerprint density at radius 2 is 2.15 bits per heavy atom. The van der Waals surface area contributed by atoms with Crippen molar-refractivity contribution >= 4 is 17.5 Å². The van der Waals surface area contributed by atoms with Crippen LogP contribution in [0.25, 0.3) is 0 Å². The van der Waals surface area contributed by atoms with Crippen LogP contribution in [-0.4, -0.2) is 22.8 Å². The summed E-state index contributed by atoms with van der Waals surface area (Å²) in [6.45, 7) is 2.11. The second kappa shape index (κ2) is 6.01. The van der Waals surface area contributed by atoms with Crippen molar-refractivity contribution in [1.82, 2.24) is 9.88 Å². The normalized spacial score (nSPS) is 10.4. The van der Waals surface area contributed by atoms with Crippen LogP contribution in [0.15, 0.2) is 36.5 Å². The first kappa shape index (κ1) is 14.5. The van der Waals surface area contributed by atoms with Crippen LogP contribution in [-0.2, 0) is 6.54 Å². The molecule has 2 aromatic rings. The van der Waals surface area contributed by atoms with Gasteiger partial charge in [-0.15, -0.1) is 0 Å². The number of aryl methyl sites for hydroxylation is 1. The zero-order valence-electron chi connectivity index (χ0n) is 11.2. The zero-order chi connectivity index (χ0) is 14.7. The number of aromatic nitrogens is 1. The van der Waals surface area contributed by atoms with Gasteiger partial charge in [0.15, 0.2) is 0 Å². The van der Waals surface area contributed by atoms with Gasteiger partial charge < -0.3 is 4.90 Å². The number of nitrogens with zero attached hydrogens (tertiary/aromatic N) is 2. The van der Waals surface area contributed by atoms with Gasteiger partial charge in [-0.1, -0.05) is 23.7 Å². The zero-order valence-corrected chi connectivity index (χ0v) is 12.0. The van der Waals surface area contributed by atoms with Gasteiger partial charge in [0.25, 0.3) is 5.91 Å². The van der Waals surface area contributed by atoms with Crippen LogP contribution < -0.4 is 0 Å². The van der Waals surface area contributed by atoms with Gasteiger partial charge in [0.05, 0.1) is 10.6 Å². The van der Waals surface area contributed by atoms with E-state index in [4.69, 9.17) is 11.6 Å². The Hall–Kier alpha value is -1.94. The summed E-state index contributed by atoms with van der Waals surface area (Å²) >= 11 is 6.05. The molecular weight excluding hydrogens is 279 g/mol. The molecule has 3 nitrogen and oxygen atoms in total. The summed E-state index contributed by atoms with van der Waals surface area (Å²) in [5, 5.41) is 0.369. The second-order valence-corrected chi connectivity index (χ2v) is 5.00. The van der Waals surface area contributed by atoms with Crippen LogP contribution >= 0.6 is 11.6 Å². The number of pyridine rings is 1. The van der Waals surface area contributed by atoms with Gasteiger partial charge in [-0.05, 0) is 30.7 Å². The third-order valence-electron chi connectivity index (χ3n) is 2.88. The molecule has 1 aromatic heterocycles. The Morgan fingerprint density at radius 1 is 1.40 bits per heavy atom. The number of carbonyl (C=O) groups is 1. The second-order valence-electron chi connectivity index (χ2n) is 4.60. The summed E-state index contributed by atoms with van der Waals surface area (Å²) in [5.41, 5.74) is 1.81. The summed E-state index contributed by atoms with van der Waals surface area (Å²) in [5.74, 6) is -0.565. The van der Waals surface area contributed by atoms with Gasteiger partial charge in [-0.3, -0.25) is 9.78 Å². The number of hydrogen-bond donors (Lipinski definition) is 0. The molecule has 0 aliphatic carbocycles. The quantitative estimate of drug-likeness (QED) is 0.868. The van der Waals surface area contributed by atoms with E-state index in [0.29, 0.717) is 17.1 Å². The monoisotopic (exact) mass is 292 g/mol. The summed E-state index contributed by atoms with van der Waals surface area (Å²) in [6, 6.07) is 7.79. The predicted molar refractivity (Wildman–Crippen MR) is 76.2 cm³/mol. The first-order valence-electron chi connectivity index (χ1n) is 6.09. The Labute approximate surface area is 122 Å². The van der Waals surface area contributed by atoms with E-state index in [2.05, 4.69) is 4.98 Å². The lowest BCUT2D eigenvalue weighted by molar-refractivity contribution is 0.0784. The number of halogens is 2. The number of rotatable bonds is 3. The van der Waals surface area contributed by atoms with E-state index in [1.165, 1.54) is 23.2 Å². The highest BCUT2D eigenvalue weighted by atomic mass is 35.5. The molecule has 0 fully saturated rings. The molecule has 20 heavy (non-hydrogen) atoms. The lowest BCUT2D eigenvalue weighted by Gasteiger charge is -2.18. The molecule has 1 amide bonds. The average molecular weight is 293 g/mol. The minimum atomic E-state index is -0.321. The largest absolute Gasteiger partial charge is 0.337 e. The molecule has 0 spiro atoms. The van der Waals surface area contributed by atoms with Gasteiger partial charge in [0.1, 0.15) is 5.82 Å². The highest BCUT2D eigenvalue weighted by molar-refractivity contribution is 6.33. The lowest BCUT2D eigenvalue weighted by atomic mass is 10.2. The van der Waals surface area contributed by atoms with Crippen LogP contribution in [0.1, 0.15) is 21.6 Å². The Bertz CT molecular complexity index is 646. The topological polar surface area (TPSA) is 33.2 Å². The van der Waals surface area contributed by atoms with E-state index in [1.807, 2.05) is 0 Å². The number of carbonyl (C=O) groups excluding carboxylic acids is 1. The maximum Gasteiger partial charge on any atom is 0.256 e. The maximum atomic E-state index is 13.1. The SMILES string of the molecule is Cc1cc(Cl)c(C(=O)N(C)Cc2cccc(F)c2)cn1. The van der Waals surface area contributed by atoms with Crippen LogP contribution in [0, 0.1) is 12.7 Å². The third-order valence-corrected chi connectivity index (χ3v) is 3.19. The molecule has 104 valence electrons. The van der Waals surface area contributed by atoms with Gasteiger partial charge >= 0.3 is 0 Å². The van der Waals surface area contributed by atoms with Crippen molar-refractivity contribution < 1.29 is 9.18 Å². The molecule has 2 rings (SSSR count). The van der Waals surface area contributed by atoms with Gasteiger partial charge in [-0.2, -0.15) is 0 Å². The van der Waals surface area contributed by atoms with Gasteiger partial charge in [0, 0.05) is 25.5 Å². The molecule has 0 radical (unpaired) electrons. The highest BCUT2D eigenvalue weighted by Gasteiger charge is 2.16. The summed E-state index contributed by atoms with van der Waals surface area (Å²) in [7, 11) is 1.64. The van der Waals surface area contributed by atoms with Crippen LogP contribution in [0.2, 0.25) is 5.02 Å². The minimum Gasteiger partial charge on any atom is -0.337 e. The van der Waals surface area contributed by atoms with Crippen LogP contribution in [0.5, 0.6) is 0 Å². The van der Waals surface area contributed by atoms with E-state index in [0.717, 1.165) is 11.3 Å². The first-order valence-corrected chi connectivity index (χ1v) is 6.47. The van der Waals surface area contributed by atoms with Crippen molar-refractivity contribution in [2.75, 3.05) is 7.05 Å². The minimum absolute atomic E-state index is 0.244. The maximum absolute atomic E-state index is 13.1. The van der Waals surface area contributed by atoms with Gasteiger partial charge in [0.2, 0.25) is 0 Å². The van der Waals surface area contributed by atoms with Crippen molar-refractivity contribution in [1.29, 1.82) is 0 Å². The fourth-order valence-electron chi connectivity index (χ4n) is 1.87. The molecule has 0 aliphatic rings. The fraction of sp³-hybridized carbons (Fsp3) is 0.200. The smallest absolute Gasteiger partial charge is 0.256 e. The lowest BCUT2D eigenvalue weighted by Crippen LogP contribution is -2.26. The van der Waals surface area contributed by atoms with Crippen molar-refractivity contribution in [3.8, 4) is 0 Å². The molecule has 0 bridgehead atoms. The fourth-order valence-corrected chi connectivity index (χ4v) is 2.16. The third kappa shape index (κ3) is 3.33. The number of hydrogen-bond acceptors (Lipinski definition) is 2. The van der Waals surface area contributed by atoms with E-state index in [-0.39, 0.29) is 11.7 Å². The molecule has 0 N–H and O–H groups in total. The van der Waals surface area contributed by atoms with E-state index < -0.39 is 0 Å². The van der Waals surface area contributed by atoms with Crippen molar-refractivity contribution in [2.24, 2.45) is 0 Å². The first-order chi connectivity index (χ1) is 9.47. The molecule has 0 atom stereocenters. The van der Waals surface area contributed by atoms with E-state index >= 15 is 0 Å². The van der Waals surface area contributed by atoms with Crippen molar-refractivity contribution in [3.63, 3.8) is 0 Å². The molecular formula is C15H14ClFN2O. The number of benzene rings is 1. The number of amides is 1. The average Bonchev–Trinajstić information content (AvgIpc) is 2.38. The van der Waals surface area contributed by atoms with Gasteiger partial charge in [-0.25, -0.2) is 4.39 Å². The molecule has 0 saturated carbocycles. The Kier molecular flexibility index (Phi) is 4.35. The Morgan fingerprint density at radius 3 is 2.80 bits per heavy atom. The molecule has 1 aromatic carbocycles. The standard InChI is InChI=1S/C15H14ClFN2O/c1-10-6-14(16)13(8-18-10)15(20)19(2)9-11-4-3-5-12(17)7-11/h3-8H,9H2,1-2H3. The summed E-state index contributed by atoms with van der Waals surface area (Å²) in [6.07, 6.45) is 1.46. The molecule has 0 saturated heterocycles. The summed E-state index contributed by atoms with van der Waals surface area (Å²) in [4.78, 5) is 17.8. The van der Waals surface area contributed by atoms with Crippen molar-refractivity contribution in [2.45, 2.75) is 13.5 Å². The molecule has 0 unspecified atom stereocenters. The predicted octanol–water partition coefficient (Wildman–Crippen LogP) is 3.45. The molecule has 0 aliphatic heterocycles.